The normalized spacial score (nSPS) is 14.4. The van der Waals surface area contributed by atoms with Crippen LogP contribution in [-0.2, 0) is 23.0 Å². The Morgan fingerprint density at radius 2 is 1.86 bits per heavy atom. The minimum absolute atomic E-state index is 0.0595. The van der Waals surface area contributed by atoms with E-state index in [1.807, 2.05) is 12.1 Å². The van der Waals surface area contributed by atoms with Crippen molar-refractivity contribution in [3.8, 4) is 22.8 Å². The molecule has 0 atom stereocenters. The molecule has 9 heteroatoms. The summed E-state index contributed by atoms with van der Waals surface area (Å²) in [4.78, 5) is 0.0595. The molecule has 0 saturated heterocycles. The van der Waals surface area contributed by atoms with E-state index in [1.54, 1.807) is 24.3 Å². The minimum Gasteiger partial charge on any atom is -0.497 e. The van der Waals surface area contributed by atoms with Gasteiger partial charge in [0.1, 0.15) is 22.1 Å². The highest BCUT2D eigenvalue weighted by Crippen LogP contribution is 2.35. The summed E-state index contributed by atoms with van der Waals surface area (Å²) in [6.07, 6.45) is 0.488. The Bertz CT molecular complexity index is 1140. The number of methoxy groups -OCH3 is 2. The van der Waals surface area contributed by atoms with E-state index in [0.29, 0.717) is 35.2 Å². The predicted molar refractivity (Wildman–Crippen MR) is 108 cm³/mol. The molecule has 3 aromatic rings. The molecule has 1 aliphatic heterocycles. The third-order valence-electron chi connectivity index (χ3n) is 4.90. The van der Waals surface area contributed by atoms with E-state index < -0.39 is 10.0 Å². The molecule has 4 rings (SSSR count). The monoisotopic (exact) mass is 434 g/mol. The van der Waals surface area contributed by atoms with Gasteiger partial charge in [0.25, 0.3) is 0 Å². The number of nitrogens with zero attached hydrogens (tertiary/aromatic N) is 2. The average Bonchev–Trinajstić information content (AvgIpc) is 3.17. The molecular weight excluding hydrogens is 416 g/mol. The Labute approximate surface area is 173 Å². The lowest BCUT2D eigenvalue weighted by molar-refractivity contribution is 0.362. The number of benzene rings is 2. The molecular formula is C20H19ClN2O5S. The Kier molecular flexibility index (Phi) is 5.24. The maximum atomic E-state index is 13.3. The topological polar surface area (TPSA) is 81.9 Å². The van der Waals surface area contributed by atoms with Gasteiger partial charge in [-0.2, -0.15) is 4.31 Å². The van der Waals surface area contributed by atoms with Crippen molar-refractivity contribution in [3.05, 3.63) is 58.7 Å². The summed E-state index contributed by atoms with van der Waals surface area (Å²) in [5.41, 5.74) is 2.37. The van der Waals surface area contributed by atoms with Crippen LogP contribution in [0.25, 0.3) is 11.3 Å². The fraction of sp³-hybridized carbons (Fsp3) is 0.250. The lowest BCUT2D eigenvalue weighted by Crippen LogP contribution is -2.36. The first-order valence-corrected chi connectivity index (χ1v) is 10.7. The number of ether oxygens (including phenoxy) is 2. The van der Waals surface area contributed by atoms with Crippen LogP contribution >= 0.6 is 11.6 Å². The number of rotatable bonds is 5. The number of halogens is 1. The zero-order valence-corrected chi connectivity index (χ0v) is 17.5. The van der Waals surface area contributed by atoms with Crippen LogP contribution in [-0.4, -0.2) is 38.6 Å². The van der Waals surface area contributed by atoms with Gasteiger partial charge < -0.3 is 14.0 Å². The molecule has 1 aliphatic rings. The highest BCUT2D eigenvalue weighted by Gasteiger charge is 2.34. The maximum absolute atomic E-state index is 13.3. The Balaban J connectivity index is 1.66. The highest BCUT2D eigenvalue weighted by molar-refractivity contribution is 7.89. The van der Waals surface area contributed by atoms with Crippen LogP contribution in [0.3, 0.4) is 0 Å². The quantitative estimate of drug-likeness (QED) is 0.608. The van der Waals surface area contributed by atoms with E-state index in [-0.39, 0.29) is 17.2 Å². The second-order valence-electron chi connectivity index (χ2n) is 6.55. The summed E-state index contributed by atoms with van der Waals surface area (Å²) in [6, 6.07) is 12.0. The molecule has 0 spiro atoms. The van der Waals surface area contributed by atoms with Crippen molar-refractivity contribution >= 4 is 21.6 Å². The van der Waals surface area contributed by atoms with Crippen LogP contribution in [0.1, 0.15) is 11.3 Å². The zero-order valence-electron chi connectivity index (χ0n) is 15.9. The van der Waals surface area contributed by atoms with Gasteiger partial charge in [0.15, 0.2) is 5.76 Å². The SMILES string of the molecule is COc1ccc(OC)c(S(=O)(=O)N2CCc3c(noc3-c3ccc(Cl)cc3)C2)c1. The van der Waals surface area contributed by atoms with E-state index in [2.05, 4.69) is 5.16 Å². The van der Waals surface area contributed by atoms with Crippen LogP contribution < -0.4 is 9.47 Å². The van der Waals surface area contributed by atoms with Gasteiger partial charge in [-0.3, -0.25) is 0 Å². The Hall–Kier alpha value is -2.55. The number of aromatic nitrogens is 1. The molecule has 0 amide bonds. The molecule has 0 N–H and O–H groups in total. The summed E-state index contributed by atoms with van der Waals surface area (Å²) < 4.78 is 43.9. The molecule has 7 nitrogen and oxygen atoms in total. The van der Waals surface area contributed by atoms with Crippen LogP contribution in [0.15, 0.2) is 51.9 Å². The minimum atomic E-state index is -3.81. The van der Waals surface area contributed by atoms with Crippen molar-refractivity contribution in [2.75, 3.05) is 20.8 Å². The molecule has 0 aliphatic carbocycles. The van der Waals surface area contributed by atoms with Crippen molar-refractivity contribution in [1.82, 2.24) is 9.46 Å². The van der Waals surface area contributed by atoms with E-state index >= 15 is 0 Å². The summed E-state index contributed by atoms with van der Waals surface area (Å²) in [6.45, 7) is 0.423. The number of hydrogen-bond donors (Lipinski definition) is 0. The predicted octanol–water partition coefficient (Wildman–Crippen LogP) is 3.76. The maximum Gasteiger partial charge on any atom is 0.247 e. The molecule has 2 heterocycles. The summed E-state index contributed by atoms with van der Waals surface area (Å²) in [7, 11) is -0.891. The lowest BCUT2D eigenvalue weighted by Gasteiger charge is -2.26. The molecule has 0 bridgehead atoms. The highest BCUT2D eigenvalue weighted by atomic mass is 35.5. The molecule has 152 valence electrons. The summed E-state index contributed by atoms with van der Waals surface area (Å²) in [5, 5.41) is 4.75. The molecule has 29 heavy (non-hydrogen) atoms. The Morgan fingerprint density at radius 1 is 1.10 bits per heavy atom. The number of fused-ring (bicyclic) bond motifs is 1. The average molecular weight is 435 g/mol. The molecule has 0 radical (unpaired) electrons. The van der Waals surface area contributed by atoms with Gasteiger partial charge in [-0.15, -0.1) is 0 Å². The molecule has 0 unspecified atom stereocenters. The zero-order chi connectivity index (χ0) is 20.6. The standard InChI is InChI=1S/C20H19ClN2O5S/c1-26-15-7-8-18(27-2)19(11-15)29(24,25)23-10-9-16-17(12-23)22-28-20(16)13-3-5-14(21)6-4-13/h3-8,11H,9-10,12H2,1-2H3. The first-order chi connectivity index (χ1) is 13.9. The molecule has 1 aromatic heterocycles. The van der Waals surface area contributed by atoms with Crippen molar-refractivity contribution < 1.29 is 22.4 Å². The van der Waals surface area contributed by atoms with Gasteiger partial charge in [0, 0.05) is 28.8 Å². The van der Waals surface area contributed by atoms with E-state index in [0.717, 1.165) is 11.1 Å². The van der Waals surface area contributed by atoms with E-state index in [4.69, 9.17) is 25.6 Å². The number of hydrogen-bond acceptors (Lipinski definition) is 6. The first kappa shape index (κ1) is 19.8. The summed E-state index contributed by atoms with van der Waals surface area (Å²) >= 11 is 5.95. The van der Waals surface area contributed by atoms with Crippen molar-refractivity contribution in [2.24, 2.45) is 0 Å². The molecule has 0 saturated carbocycles. The Morgan fingerprint density at radius 3 is 2.55 bits per heavy atom. The van der Waals surface area contributed by atoms with Gasteiger partial charge in [0.05, 0.1) is 20.8 Å². The second-order valence-corrected chi connectivity index (χ2v) is 8.89. The van der Waals surface area contributed by atoms with Crippen LogP contribution in [0.4, 0.5) is 0 Å². The van der Waals surface area contributed by atoms with E-state index in [1.165, 1.54) is 24.6 Å². The molecule has 2 aromatic carbocycles. The smallest absolute Gasteiger partial charge is 0.247 e. The van der Waals surface area contributed by atoms with Crippen molar-refractivity contribution in [3.63, 3.8) is 0 Å². The van der Waals surface area contributed by atoms with Gasteiger partial charge in [0.2, 0.25) is 10.0 Å². The lowest BCUT2D eigenvalue weighted by atomic mass is 10.0. The van der Waals surface area contributed by atoms with Gasteiger partial charge in [-0.05, 0) is 42.8 Å². The third kappa shape index (κ3) is 3.59. The number of sulfonamides is 1. The van der Waals surface area contributed by atoms with Crippen molar-refractivity contribution in [2.45, 2.75) is 17.9 Å². The molecule has 0 fully saturated rings. The second kappa shape index (κ2) is 7.70. The van der Waals surface area contributed by atoms with Crippen LogP contribution in [0.2, 0.25) is 5.02 Å². The fourth-order valence-electron chi connectivity index (χ4n) is 3.36. The van der Waals surface area contributed by atoms with E-state index in [9.17, 15) is 8.42 Å². The fourth-order valence-corrected chi connectivity index (χ4v) is 5.06. The summed E-state index contributed by atoms with van der Waals surface area (Å²) in [5.74, 6) is 1.35. The van der Waals surface area contributed by atoms with Gasteiger partial charge >= 0.3 is 0 Å². The van der Waals surface area contributed by atoms with Crippen LogP contribution in [0, 0.1) is 0 Å². The van der Waals surface area contributed by atoms with Crippen molar-refractivity contribution in [1.29, 1.82) is 0 Å². The first-order valence-electron chi connectivity index (χ1n) is 8.89. The van der Waals surface area contributed by atoms with Gasteiger partial charge in [-0.25, -0.2) is 8.42 Å². The largest absolute Gasteiger partial charge is 0.497 e. The van der Waals surface area contributed by atoms with Crippen LogP contribution in [0.5, 0.6) is 11.5 Å². The third-order valence-corrected chi connectivity index (χ3v) is 7.02. The van der Waals surface area contributed by atoms with Gasteiger partial charge in [-0.1, -0.05) is 16.8 Å².